The molecule has 7 nitrogen and oxygen atoms in total. The lowest BCUT2D eigenvalue weighted by Crippen LogP contribution is -2.50. The van der Waals surface area contributed by atoms with Crippen LogP contribution in [0.3, 0.4) is 0 Å². The van der Waals surface area contributed by atoms with Crippen LogP contribution < -0.4 is 4.72 Å². The van der Waals surface area contributed by atoms with Gasteiger partial charge in [0, 0.05) is 25.8 Å². The lowest BCUT2D eigenvalue weighted by molar-refractivity contribution is -0.0797. The molecule has 2 aliphatic rings. The molecule has 0 spiro atoms. The Morgan fingerprint density at radius 1 is 1.43 bits per heavy atom. The van der Waals surface area contributed by atoms with Gasteiger partial charge in [-0.1, -0.05) is 6.42 Å². The first-order chi connectivity index (χ1) is 11.0. The zero-order chi connectivity index (χ0) is 16.4. The molecule has 1 N–H and O–H groups in total. The summed E-state index contributed by atoms with van der Waals surface area (Å²) in [6.07, 6.45) is 5.63. The summed E-state index contributed by atoms with van der Waals surface area (Å²) in [6, 6.07) is -0.261. The fourth-order valence-electron chi connectivity index (χ4n) is 3.11. The van der Waals surface area contributed by atoms with Crippen LogP contribution in [0, 0.1) is 12.8 Å². The van der Waals surface area contributed by atoms with Gasteiger partial charge in [0.25, 0.3) is 10.0 Å². The molecule has 1 aromatic heterocycles. The molecule has 0 amide bonds. The maximum atomic E-state index is 12.7. The van der Waals surface area contributed by atoms with Gasteiger partial charge in [-0.15, -0.1) is 0 Å². The number of nitrogens with one attached hydrogen (secondary N) is 1. The standard InChI is InChI=1S/C15H25N3O4S/c1-11-8-16-18(2)15(11)23(19,20)17-13-6-7-21-10-14(13)22-9-12-4-3-5-12/h8,12-14,17H,3-7,9-10H2,1-2H3/t13-,14-/m0/s1. The van der Waals surface area contributed by atoms with Crippen molar-refractivity contribution in [3.8, 4) is 0 Å². The van der Waals surface area contributed by atoms with Crippen molar-refractivity contribution in [1.82, 2.24) is 14.5 Å². The van der Waals surface area contributed by atoms with Gasteiger partial charge in [-0.05, 0) is 32.1 Å². The first kappa shape index (κ1) is 16.9. The molecule has 0 bridgehead atoms. The number of hydrogen-bond donors (Lipinski definition) is 1. The number of sulfonamides is 1. The Balaban J connectivity index is 1.68. The molecule has 0 radical (unpaired) electrons. The minimum absolute atomic E-state index is 0.210. The Morgan fingerprint density at radius 2 is 2.22 bits per heavy atom. The van der Waals surface area contributed by atoms with Crippen LogP contribution in [0.25, 0.3) is 0 Å². The third kappa shape index (κ3) is 3.76. The van der Waals surface area contributed by atoms with Crippen molar-refractivity contribution in [3.63, 3.8) is 0 Å². The van der Waals surface area contributed by atoms with Gasteiger partial charge < -0.3 is 9.47 Å². The van der Waals surface area contributed by atoms with Gasteiger partial charge in [-0.3, -0.25) is 4.68 Å². The molecule has 1 aromatic rings. The van der Waals surface area contributed by atoms with Crippen molar-refractivity contribution >= 4 is 10.0 Å². The molecule has 1 saturated carbocycles. The number of rotatable bonds is 6. The zero-order valence-electron chi connectivity index (χ0n) is 13.7. The Bertz CT molecular complexity index is 620. The lowest BCUT2D eigenvalue weighted by Gasteiger charge is -2.34. The SMILES string of the molecule is Cc1cnn(C)c1S(=O)(=O)N[C@H]1CCOC[C@@H]1OCC1CCC1. The zero-order valence-corrected chi connectivity index (χ0v) is 14.5. The second kappa shape index (κ2) is 6.88. The van der Waals surface area contributed by atoms with Crippen molar-refractivity contribution in [1.29, 1.82) is 0 Å². The molecule has 2 fully saturated rings. The van der Waals surface area contributed by atoms with Crippen molar-refractivity contribution in [2.24, 2.45) is 13.0 Å². The van der Waals surface area contributed by atoms with Gasteiger partial charge in [0.1, 0.15) is 0 Å². The number of aryl methyl sites for hydroxylation is 2. The second-order valence-electron chi connectivity index (χ2n) is 6.52. The van der Waals surface area contributed by atoms with Crippen LogP contribution in [0.15, 0.2) is 11.2 Å². The summed E-state index contributed by atoms with van der Waals surface area (Å²) in [4.78, 5) is 0. The molecule has 130 valence electrons. The van der Waals surface area contributed by atoms with Crippen molar-refractivity contribution < 1.29 is 17.9 Å². The number of hydrogen-bond acceptors (Lipinski definition) is 5. The highest BCUT2D eigenvalue weighted by molar-refractivity contribution is 7.89. The van der Waals surface area contributed by atoms with Crippen LogP contribution in [0.4, 0.5) is 0 Å². The van der Waals surface area contributed by atoms with Gasteiger partial charge >= 0.3 is 0 Å². The Morgan fingerprint density at radius 3 is 2.83 bits per heavy atom. The molecule has 1 aliphatic carbocycles. The predicted octanol–water partition coefficient (Wildman–Crippen LogP) is 0.981. The molecule has 0 unspecified atom stereocenters. The van der Waals surface area contributed by atoms with Crippen LogP contribution in [0.1, 0.15) is 31.2 Å². The molecular weight excluding hydrogens is 318 g/mol. The highest BCUT2D eigenvalue weighted by Crippen LogP contribution is 2.27. The summed E-state index contributed by atoms with van der Waals surface area (Å²) in [5, 5.41) is 4.22. The van der Waals surface area contributed by atoms with Gasteiger partial charge in [-0.2, -0.15) is 5.10 Å². The van der Waals surface area contributed by atoms with E-state index in [4.69, 9.17) is 9.47 Å². The number of nitrogens with zero attached hydrogens (tertiary/aromatic N) is 2. The Kier molecular flexibility index (Phi) is 5.05. The lowest BCUT2D eigenvalue weighted by atomic mass is 9.86. The van der Waals surface area contributed by atoms with Gasteiger partial charge in [0.15, 0.2) is 5.03 Å². The first-order valence-electron chi connectivity index (χ1n) is 8.17. The minimum Gasteiger partial charge on any atom is -0.379 e. The summed E-state index contributed by atoms with van der Waals surface area (Å²) in [6.45, 7) is 3.41. The molecule has 3 rings (SSSR count). The predicted molar refractivity (Wildman–Crippen MR) is 84.6 cm³/mol. The summed E-state index contributed by atoms with van der Waals surface area (Å²) in [7, 11) is -1.99. The quantitative estimate of drug-likeness (QED) is 0.833. The molecule has 23 heavy (non-hydrogen) atoms. The van der Waals surface area contributed by atoms with Gasteiger partial charge in [0.2, 0.25) is 0 Å². The average molecular weight is 343 g/mol. The van der Waals surface area contributed by atoms with Crippen LogP contribution >= 0.6 is 0 Å². The van der Waals surface area contributed by atoms with Crippen LogP contribution in [-0.2, 0) is 26.5 Å². The maximum Gasteiger partial charge on any atom is 0.258 e. The highest BCUT2D eigenvalue weighted by Gasteiger charge is 2.33. The Labute approximate surface area is 137 Å². The average Bonchev–Trinajstić information content (AvgIpc) is 2.78. The van der Waals surface area contributed by atoms with E-state index in [-0.39, 0.29) is 17.2 Å². The monoisotopic (exact) mass is 343 g/mol. The minimum atomic E-state index is -3.63. The van der Waals surface area contributed by atoms with E-state index in [1.807, 2.05) is 0 Å². The van der Waals surface area contributed by atoms with E-state index in [1.54, 1.807) is 20.2 Å². The van der Waals surface area contributed by atoms with E-state index in [0.717, 1.165) is 0 Å². The molecule has 8 heteroatoms. The van der Waals surface area contributed by atoms with E-state index < -0.39 is 10.0 Å². The molecule has 2 heterocycles. The van der Waals surface area contributed by atoms with Crippen LogP contribution in [-0.4, -0.2) is 50.2 Å². The van der Waals surface area contributed by atoms with E-state index in [0.29, 0.717) is 37.7 Å². The summed E-state index contributed by atoms with van der Waals surface area (Å²) >= 11 is 0. The third-order valence-corrected chi connectivity index (χ3v) is 6.40. The largest absolute Gasteiger partial charge is 0.379 e. The normalized spacial score (nSPS) is 26.2. The van der Waals surface area contributed by atoms with Gasteiger partial charge in [-0.25, -0.2) is 13.1 Å². The number of ether oxygens (including phenoxy) is 2. The topological polar surface area (TPSA) is 82.5 Å². The molecular formula is C15H25N3O4S. The van der Waals surface area contributed by atoms with E-state index in [1.165, 1.54) is 23.9 Å². The molecule has 1 aliphatic heterocycles. The molecule has 0 aromatic carbocycles. The van der Waals surface area contributed by atoms with Crippen molar-refractivity contribution in [2.75, 3.05) is 19.8 Å². The Hall–Kier alpha value is -0.960. The van der Waals surface area contributed by atoms with Crippen LogP contribution in [0.5, 0.6) is 0 Å². The van der Waals surface area contributed by atoms with E-state index in [9.17, 15) is 8.42 Å². The fourth-order valence-corrected chi connectivity index (χ4v) is 4.76. The van der Waals surface area contributed by atoms with Gasteiger partial charge in [0.05, 0.1) is 24.9 Å². The number of aromatic nitrogens is 2. The summed E-state index contributed by atoms with van der Waals surface area (Å²) in [5.74, 6) is 0.619. The van der Waals surface area contributed by atoms with E-state index in [2.05, 4.69) is 9.82 Å². The maximum absolute atomic E-state index is 12.7. The van der Waals surface area contributed by atoms with Crippen molar-refractivity contribution in [3.05, 3.63) is 11.8 Å². The van der Waals surface area contributed by atoms with E-state index >= 15 is 0 Å². The highest BCUT2D eigenvalue weighted by atomic mass is 32.2. The smallest absolute Gasteiger partial charge is 0.258 e. The summed E-state index contributed by atoms with van der Waals surface area (Å²) < 4.78 is 41.0. The molecule has 2 atom stereocenters. The van der Waals surface area contributed by atoms with Crippen LogP contribution in [0.2, 0.25) is 0 Å². The van der Waals surface area contributed by atoms with Crippen molar-refractivity contribution in [2.45, 2.75) is 49.8 Å². The fraction of sp³-hybridized carbons (Fsp3) is 0.800. The second-order valence-corrected chi connectivity index (χ2v) is 8.15. The summed E-state index contributed by atoms with van der Waals surface area (Å²) in [5.41, 5.74) is 0.638. The first-order valence-corrected chi connectivity index (χ1v) is 9.66. The molecule has 1 saturated heterocycles. The third-order valence-electron chi connectivity index (χ3n) is 4.69.